The highest BCUT2D eigenvalue weighted by Gasteiger charge is 2.18. The summed E-state index contributed by atoms with van der Waals surface area (Å²) in [6.45, 7) is 1.94. The van der Waals surface area contributed by atoms with Crippen molar-refractivity contribution >= 4 is 11.6 Å². The summed E-state index contributed by atoms with van der Waals surface area (Å²) >= 11 is 0. The molecule has 7 nitrogen and oxygen atoms in total. The SMILES string of the molecule is COc1cccc(NC(=O)c2cn(C3CCNCC3)nn2)c1. The van der Waals surface area contributed by atoms with E-state index in [9.17, 15) is 4.79 Å². The molecule has 1 fully saturated rings. The van der Waals surface area contributed by atoms with Gasteiger partial charge in [-0.25, -0.2) is 4.68 Å². The van der Waals surface area contributed by atoms with Crippen LogP contribution in [0, 0.1) is 0 Å². The molecule has 1 aliphatic heterocycles. The number of hydrogen-bond acceptors (Lipinski definition) is 5. The van der Waals surface area contributed by atoms with Gasteiger partial charge in [-0.15, -0.1) is 5.10 Å². The van der Waals surface area contributed by atoms with E-state index in [0.29, 0.717) is 23.2 Å². The number of ether oxygens (including phenoxy) is 1. The second-order valence-corrected chi connectivity index (χ2v) is 5.25. The Hall–Kier alpha value is -2.41. The van der Waals surface area contributed by atoms with E-state index in [0.717, 1.165) is 25.9 Å². The third-order valence-electron chi connectivity index (χ3n) is 3.75. The van der Waals surface area contributed by atoms with Crippen LogP contribution in [-0.2, 0) is 0 Å². The summed E-state index contributed by atoms with van der Waals surface area (Å²) in [6, 6.07) is 7.52. The lowest BCUT2D eigenvalue weighted by Crippen LogP contribution is -2.29. The Morgan fingerprint density at radius 3 is 3.00 bits per heavy atom. The average Bonchev–Trinajstić information content (AvgIpc) is 3.06. The molecule has 2 heterocycles. The van der Waals surface area contributed by atoms with E-state index >= 15 is 0 Å². The predicted molar refractivity (Wildman–Crippen MR) is 82.1 cm³/mol. The molecule has 1 aromatic carbocycles. The van der Waals surface area contributed by atoms with E-state index < -0.39 is 0 Å². The third-order valence-corrected chi connectivity index (χ3v) is 3.75. The van der Waals surface area contributed by atoms with Gasteiger partial charge in [-0.1, -0.05) is 11.3 Å². The molecule has 0 unspecified atom stereocenters. The Morgan fingerprint density at radius 1 is 1.41 bits per heavy atom. The van der Waals surface area contributed by atoms with Crippen LogP contribution in [0.1, 0.15) is 29.4 Å². The number of nitrogens with zero attached hydrogens (tertiary/aromatic N) is 3. The molecule has 3 rings (SSSR count). The highest BCUT2D eigenvalue weighted by molar-refractivity contribution is 6.02. The number of piperidine rings is 1. The summed E-state index contributed by atoms with van der Waals surface area (Å²) in [6.07, 6.45) is 3.71. The molecular formula is C15H19N5O2. The number of methoxy groups -OCH3 is 1. The van der Waals surface area contributed by atoms with Crippen LogP contribution in [0.25, 0.3) is 0 Å². The first-order valence-electron chi connectivity index (χ1n) is 7.34. The van der Waals surface area contributed by atoms with Gasteiger partial charge in [-0.2, -0.15) is 0 Å². The molecule has 2 N–H and O–H groups in total. The number of aromatic nitrogens is 3. The smallest absolute Gasteiger partial charge is 0.277 e. The number of carbonyl (C=O) groups is 1. The molecule has 22 heavy (non-hydrogen) atoms. The molecule has 0 saturated carbocycles. The molecule has 0 bridgehead atoms. The monoisotopic (exact) mass is 301 g/mol. The summed E-state index contributed by atoms with van der Waals surface area (Å²) in [5.41, 5.74) is 0.988. The lowest BCUT2D eigenvalue weighted by molar-refractivity contribution is 0.102. The fraction of sp³-hybridized carbons (Fsp3) is 0.400. The third kappa shape index (κ3) is 3.25. The normalized spacial score (nSPS) is 15.5. The molecule has 1 saturated heterocycles. The minimum absolute atomic E-state index is 0.270. The number of anilines is 1. The number of carbonyl (C=O) groups excluding carboxylic acids is 1. The van der Waals surface area contributed by atoms with Crippen molar-refractivity contribution in [3.63, 3.8) is 0 Å². The maximum Gasteiger partial charge on any atom is 0.277 e. The number of nitrogens with one attached hydrogen (secondary N) is 2. The molecule has 2 aromatic rings. The van der Waals surface area contributed by atoms with Crippen LogP contribution in [0.15, 0.2) is 30.5 Å². The predicted octanol–water partition coefficient (Wildman–Crippen LogP) is 1.46. The van der Waals surface area contributed by atoms with Crippen LogP contribution in [0.3, 0.4) is 0 Å². The zero-order chi connectivity index (χ0) is 15.4. The first-order valence-corrected chi connectivity index (χ1v) is 7.34. The van der Waals surface area contributed by atoms with E-state index in [-0.39, 0.29) is 5.91 Å². The van der Waals surface area contributed by atoms with E-state index in [1.807, 2.05) is 12.1 Å². The Bertz CT molecular complexity index is 649. The number of benzene rings is 1. The summed E-state index contributed by atoms with van der Waals surface area (Å²) in [5, 5.41) is 14.2. The van der Waals surface area contributed by atoms with Gasteiger partial charge in [0, 0.05) is 11.8 Å². The lowest BCUT2D eigenvalue weighted by atomic mass is 10.1. The van der Waals surface area contributed by atoms with Gasteiger partial charge in [0.2, 0.25) is 0 Å². The Morgan fingerprint density at radius 2 is 2.23 bits per heavy atom. The molecule has 7 heteroatoms. The number of rotatable bonds is 4. The first-order chi connectivity index (χ1) is 10.8. The highest BCUT2D eigenvalue weighted by atomic mass is 16.5. The summed E-state index contributed by atoms with van der Waals surface area (Å²) < 4.78 is 6.93. The topological polar surface area (TPSA) is 81.1 Å². The van der Waals surface area contributed by atoms with Gasteiger partial charge in [0.05, 0.1) is 19.3 Å². The van der Waals surface area contributed by atoms with Crippen molar-refractivity contribution < 1.29 is 9.53 Å². The number of amides is 1. The summed E-state index contributed by atoms with van der Waals surface area (Å²) in [4.78, 5) is 12.2. The Balaban J connectivity index is 1.68. The zero-order valence-corrected chi connectivity index (χ0v) is 12.5. The zero-order valence-electron chi connectivity index (χ0n) is 12.5. The second kappa shape index (κ2) is 6.57. The molecule has 116 valence electrons. The Kier molecular flexibility index (Phi) is 4.34. The van der Waals surface area contributed by atoms with Gasteiger partial charge in [0.1, 0.15) is 5.75 Å². The van der Waals surface area contributed by atoms with Crippen LogP contribution >= 0.6 is 0 Å². The lowest BCUT2D eigenvalue weighted by Gasteiger charge is -2.22. The molecule has 1 aromatic heterocycles. The van der Waals surface area contributed by atoms with Crippen LogP contribution in [-0.4, -0.2) is 41.1 Å². The van der Waals surface area contributed by atoms with Crippen LogP contribution in [0.2, 0.25) is 0 Å². The molecule has 0 aliphatic carbocycles. The maximum atomic E-state index is 12.2. The van der Waals surface area contributed by atoms with E-state index in [1.165, 1.54) is 0 Å². The van der Waals surface area contributed by atoms with Gasteiger partial charge in [0.15, 0.2) is 5.69 Å². The Labute approximate surface area is 128 Å². The van der Waals surface area contributed by atoms with Crippen molar-refractivity contribution in [2.45, 2.75) is 18.9 Å². The number of hydrogen-bond donors (Lipinski definition) is 2. The summed E-state index contributed by atoms with van der Waals surface area (Å²) in [5.74, 6) is 0.421. The van der Waals surface area contributed by atoms with Crippen LogP contribution < -0.4 is 15.4 Å². The van der Waals surface area contributed by atoms with E-state index in [1.54, 1.807) is 30.1 Å². The standard InChI is InChI=1S/C15H19N5O2/c1-22-13-4-2-3-11(9-13)17-15(21)14-10-20(19-18-14)12-5-7-16-8-6-12/h2-4,9-10,12,16H,5-8H2,1H3,(H,17,21). The van der Waals surface area contributed by atoms with Crippen LogP contribution in [0.5, 0.6) is 5.75 Å². The molecule has 0 spiro atoms. The average molecular weight is 301 g/mol. The van der Waals surface area contributed by atoms with Crippen molar-refractivity contribution in [2.24, 2.45) is 0 Å². The minimum Gasteiger partial charge on any atom is -0.497 e. The minimum atomic E-state index is -0.270. The molecule has 0 atom stereocenters. The van der Waals surface area contributed by atoms with Gasteiger partial charge < -0.3 is 15.4 Å². The van der Waals surface area contributed by atoms with Crippen molar-refractivity contribution in [1.29, 1.82) is 0 Å². The van der Waals surface area contributed by atoms with Crippen molar-refractivity contribution in [1.82, 2.24) is 20.3 Å². The summed E-state index contributed by atoms with van der Waals surface area (Å²) in [7, 11) is 1.59. The van der Waals surface area contributed by atoms with Crippen molar-refractivity contribution in [2.75, 3.05) is 25.5 Å². The highest BCUT2D eigenvalue weighted by Crippen LogP contribution is 2.19. The van der Waals surface area contributed by atoms with Gasteiger partial charge in [0.25, 0.3) is 5.91 Å². The molecular weight excluding hydrogens is 282 g/mol. The first kappa shape index (κ1) is 14.5. The fourth-order valence-corrected chi connectivity index (χ4v) is 2.53. The van der Waals surface area contributed by atoms with Gasteiger partial charge in [-0.05, 0) is 38.1 Å². The fourth-order valence-electron chi connectivity index (χ4n) is 2.53. The van der Waals surface area contributed by atoms with E-state index in [2.05, 4.69) is 20.9 Å². The van der Waals surface area contributed by atoms with Gasteiger partial charge in [-0.3, -0.25) is 4.79 Å². The molecule has 1 aliphatic rings. The van der Waals surface area contributed by atoms with Gasteiger partial charge >= 0.3 is 0 Å². The second-order valence-electron chi connectivity index (χ2n) is 5.25. The largest absolute Gasteiger partial charge is 0.497 e. The molecule has 1 amide bonds. The van der Waals surface area contributed by atoms with Crippen molar-refractivity contribution in [3.05, 3.63) is 36.2 Å². The van der Waals surface area contributed by atoms with E-state index in [4.69, 9.17) is 4.74 Å². The maximum absolute atomic E-state index is 12.2. The molecule has 0 radical (unpaired) electrons. The van der Waals surface area contributed by atoms with Crippen LogP contribution in [0.4, 0.5) is 5.69 Å². The van der Waals surface area contributed by atoms with Crippen molar-refractivity contribution in [3.8, 4) is 5.75 Å². The quantitative estimate of drug-likeness (QED) is 0.893.